The monoisotopic (exact) mass is 212 g/mol. The van der Waals surface area contributed by atoms with Gasteiger partial charge < -0.3 is 0 Å². The van der Waals surface area contributed by atoms with Gasteiger partial charge in [-0.15, -0.1) is 0 Å². The highest BCUT2D eigenvalue weighted by atomic mass is 32.2. The molecule has 14 heavy (non-hydrogen) atoms. The summed E-state index contributed by atoms with van der Waals surface area (Å²) in [6, 6.07) is 8.61. The van der Waals surface area contributed by atoms with E-state index in [-0.39, 0.29) is 11.2 Å². The first kappa shape index (κ1) is 11.2. The van der Waals surface area contributed by atoms with Crippen LogP contribution in [0.3, 0.4) is 0 Å². The molecule has 0 aliphatic carbocycles. The van der Waals surface area contributed by atoms with E-state index in [1.165, 1.54) is 0 Å². The van der Waals surface area contributed by atoms with Crippen LogP contribution in [-0.4, -0.2) is 13.7 Å². The fourth-order valence-corrected chi connectivity index (χ4v) is 2.87. The Kier molecular flexibility index (Phi) is 3.32. The molecule has 1 rings (SSSR count). The number of rotatable bonds is 3. The van der Waals surface area contributed by atoms with Crippen LogP contribution in [0.25, 0.3) is 0 Å². The Morgan fingerprint density at radius 1 is 1.00 bits per heavy atom. The van der Waals surface area contributed by atoms with Crippen LogP contribution >= 0.6 is 0 Å². The maximum Gasteiger partial charge on any atom is 0.181 e. The Balaban J connectivity index is 3.10. The summed E-state index contributed by atoms with van der Waals surface area (Å²) in [5, 5.41) is -0.329. The van der Waals surface area contributed by atoms with Gasteiger partial charge in [-0.05, 0) is 25.0 Å². The predicted molar refractivity (Wildman–Crippen MR) is 57.9 cm³/mol. The van der Waals surface area contributed by atoms with E-state index < -0.39 is 9.84 Å². The lowest BCUT2D eigenvalue weighted by molar-refractivity contribution is 0.546. The largest absolute Gasteiger partial charge is 0.223 e. The highest BCUT2D eigenvalue weighted by molar-refractivity contribution is 7.92. The molecule has 0 N–H and O–H groups in total. The molecular formula is C11H16O2S. The molecule has 0 heterocycles. The van der Waals surface area contributed by atoms with Crippen molar-refractivity contribution < 1.29 is 8.42 Å². The zero-order valence-corrected chi connectivity index (χ0v) is 9.58. The summed E-state index contributed by atoms with van der Waals surface area (Å²) in [7, 11) is -3.14. The Labute approximate surface area is 85.9 Å². The first-order chi connectivity index (χ1) is 6.46. The van der Waals surface area contributed by atoms with Crippen LogP contribution in [0.1, 0.15) is 20.8 Å². The van der Waals surface area contributed by atoms with Crippen LogP contribution in [0.2, 0.25) is 0 Å². The second-order valence-corrected chi connectivity index (χ2v) is 6.11. The Hall–Kier alpha value is -0.830. The summed E-state index contributed by atoms with van der Waals surface area (Å²) in [4.78, 5) is 0.418. The van der Waals surface area contributed by atoms with Gasteiger partial charge in [0.1, 0.15) is 0 Å². The maximum atomic E-state index is 12.0. The molecule has 1 aromatic rings. The molecule has 0 amide bonds. The summed E-state index contributed by atoms with van der Waals surface area (Å²) in [5.74, 6) is 0.139. The summed E-state index contributed by atoms with van der Waals surface area (Å²) >= 11 is 0. The quantitative estimate of drug-likeness (QED) is 0.771. The van der Waals surface area contributed by atoms with E-state index in [0.717, 1.165) is 0 Å². The minimum absolute atomic E-state index is 0.139. The highest BCUT2D eigenvalue weighted by Gasteiger charge is 2.25. The molecule has 78 valence electrons. The van der Waals surface area contributed by atoms with Gasteiger partial charge in [0.25, 0.3) is 0 Å². The van der Waals surface area contributed by atoms with Crippen LogP contribution in [0.15, 0.2) is 35.2 Å². The molecule has 0 fully saturated rings. The van der Waals surface area contributed by atoms with Gasteiger partial charge >= 0.3 is 0 Å². The SMILES string of the molecule is CC(C)[C@@H](C)S(=O)(=O)c1ccccc1. The van der Waals surface area contributed by atoms with E-state index in [1.54, 1.807) is 31.2 Å². The minimum atomic E-state index is -3.14. The van der Waals surface area contributed by atoms with E-state index >= 15 is 0 Å². The van der Waals surface area contributed by atoms with Crippen LogP contribution < -0.4 is 0 Å². The summed E-state index contributed by atoms with van der Waals surface area (Å²) < 4.78 is 23.9. The van der Waals surface area contributed by atoms with Gasteiger partial charge in [0.15, 0.2) is 9.84 Å². The summed E-state index contributed by atoms with van der Waals surface area (Å²) in [5.41, 5.74) is 0. The van der Waals surface area contributed by atoms with E-state index in [1.807, 2.05) is 19.9 Å². The van der Waals surface area contributed by atoms with Gasteiger partial charge in [-0.25, -0.2) is 8.42 Å². The lowest BCUT2D eigenvalue weighted by atomic mass is 10.2. The van der Waals surface area contributed by atoms with Gasteiger partial charge in [0.05, 0.1) is 10.1 Å². The Morgan fingerprint density at radius 2 is 1.50 bits per heavy atom. The van der Waals surface area contributed by atoms with Crippen LogP contribution in [0.4, 0.5) is 0 Å². The summed E-state index contributed by atoms with van der Waals surface area (Å²) in [6.07, 6.45) is 0. The normalized spacial score (nSPS) is 14.3. The standard InChI is InChI=1S/C11H16O2S/c1-9(2)10(3)14(12,13)11-7-5-4-6-8-11/h4-10H,1-3H3/t10-/m1/s1. The zero-order valence-electron chi connectivity index (χ0n) is 8.77. The van der Waals surface area contributed by atoms with Crippen molar-refractivity contribution in [1.82, 2.24) is 0 Å². The first-order valence-corrected chi connectivity index (χ1v) is 6.30. The van der Waals surface area contributed by atoms with Crippen molar-refractivity contribution in [2.24, 2.45) is 5.92 Å². The van der Waals surface area contributed by atoms with Gasteiger partial charge in [0, 0.05) is 0 Å². The van der Waals surface area contributed by atoms with Crippen molar-refractivity contribution in [1.29, 1.82) is 0 Å². The fraction of sp³-hybridized carbons (Fsp3) is 0.455. The van der Waals surface area contributed by atoms with Crippen molar-refractivity contribution in [3.63, 3.8) is 0 Å². The molecule has 2 nitrogen and oxygen atoms in total. The van der Waals surface area contributed by atoms with E-state index in [0.29, 0.717) is 4.90 Å². The third kappa shape index (κ3) is 2.15. The molecular weight excluding hydrogens is 196 g/mol. The van der Waals surface area contributed by atoms with Crippen molar-refractivity contribution in [2.45, 2.75) is 30.9 Å². The number of hydrogen-bond acceptors (Lipinski definition) is 2. The van der Waals surface area contributed by atoms with E-state index in [4.69, 9.17) is 0 Å². The third-order valence-corrected chi connectivity index (χ3v) is 4.95. The average Bonchev–Trinajstić information content (AvgIpc) is 2.18. The molecule has 0 spiro atoms. The Morgan fingerprint density at radius 3 is 1.93 bits per heavy atom. The molecule has 0 aliphatic rings. The fourth-order valence-electron chi connectivity index (χ4n) is 1.18. The van der Waals surface area contributed by atoms with Crippen LogP contribution in [0, 0.1) is 5.92 Å². The minimum Gasteiger partial charge on any atom is -0.223 e. The molecule has 0 aromatic heterocycles. The molecule has 3 heteroatoms. The average molecular weight is 212 g/mol. The lowest BCUT2D eigenvalue weighted by Gasteiger charge is -2.16. The highest BCUT2D eigenvalue weighted by Crippen LogP contribution is 2.20. The number of sulfone groups is 1. The number of hydrogen-bond donors (Lipinski definition) is 0. The third-order valence-electron chi connectivity index (χ3n) is 2.50. The van der Waals surface area contributed by atoms with Gasteiger partial charge in [-0.2, -0.15) is 0 Å². The molecule has 0 saturated carbocycles. The molecule has 1 aromatic carbocycles. The summed E-state index contributed by atoms with van der Waals surface area (Å²) in [6.45, 7) is 5.60. The Bertz CT molecular complexity index is 379. The molecule has 0 aliphatic heterocycles. The molecule has 1 atom stereocenters. The lowest BCUT2D eigenvalue weighted by Crippen LogP contribution is -2.23. The van der Waals surface area contributed by atoms with Gasteiger partial charge in [-0.1, -0.05) is 32.0 Å². The molecule has 0 unspecified atom stereocenters. The van der Waals surface area contributed by atoms with Crippen molar-refractivity contribution in [3.05, 3.63) is 30.3 Å². The maximum absolute atomic E-state index is 12.0. The second-order valence-electron chi connectivity index (χ2n) is 3.81. The first-order valence-electron chi connectivity index (χ1n) is 4.75. The zero-order chi connectivity index (χ0) is 10.8. The van der Waals surface area contributed by atoms with Gasteiger partial charge in [0.2, 0.25) is 0 Å². The second kappa shape index (κ2) is 4.13. The smallest absolute Gasteiger partial charge is 0.181 e. The van der Waals surface area contributed by atoms with Crippen molar-refractivity contribution in [2.75, 3.05) is 0 Å². The molecule has 0 bridgehead atoms. The predicted octanol–water partition coefficient (Wildman–Crippen LogP) is 2.50. The number of benzene rings is 1. The topological polar surface area (TPSA) is 34.1 Å². The van der Waals surface area contributed by atoms with E-state index in [2.05, 4.69) is 0 Å². The molecule has 0 radical (unpaired) electrons. The van der Waals surface area contributed by atoms with E-state index in [9.17, 15) is 8.42 Å². The van der Waals surface area contributed by atoms with Crippen LogP contribution in [-0.2, 0) is 9.84 Å². The van der Waals surface area contributed by atoms with Crippen molar-refractivity contribution in [3.8, 4) is 0 Å². The van der Waals surface area contributed by atoms with Crippen LogP contribution in [0.5, 0.6) is 0 Å². The van der Waals surface area contributed by atoms with Crippen molar-refractivity contribution >= 4 is 9.84 Å². The molecule has 0 saturated heterocycles. The van der Waals surface area contributed by atoms with Gasteiger partial charge in [-0.3, -0.25) is 0 Å².